The summed E-state index contributed by atoms with van der Waals surface area (Å²) in [4.78, 5) is 16.7. The molecule has 29 heavy (non-hydrogen) atoms. The quantitative estimate of drug-likeness (QED) is 0.703. The van der Waals surface area contributed by atoms with Gasteiger partial charge in [0, 0.05) is 6.54 Å². The number of hydrogen-bond acceptors (Lipinski definition) is 7. The first-order valence-corrected chi connectivity index (χ1v) is 9.60. The van der Waals surface area contributed by atoms with E-state index < -0.39 is 5.60 Å². The Morgan fingerprint density at radius 3 is 2.62 bits per heavy atom. The lowest BCUT2D eigenvalue weighted by molar-refractivity contribution is -0.127. The summed E-state index contributed by atoms with van der Waals surface area (Å²) in [6.45, 7) is 5.10. The Morgan fingerprint density at radius 2 is 1.97 bits per heavy atom. The number of fused-ring (bicyclic) bond motifs is 1. The molecule has 2 aromatic rings. The van der Waals surface area contributed by atoms with Gasteiger partial charge in [0.15, 0.2) is 17.3 Å². The average Bonchev–Trinajstić information content (AvgIpc) is 3.05. The van der Waals surface area contributed by atoms with E-state index in [9.17, 15) is 4.79 Å². The van der Waals surface area contributed by atoms with E-state index in [1.807, 2.05) is 46.1 Å². The SMILES string of the molecule is COc1ccc(C2(C)OCC(=O)N(CCCN(C)C)c3c2noc3C)cc1OC. The number of carbonyl (C=O) groups excluding carboxylic acids is 1. The molecule has 8 heteroatoms. The summed E-state index contributed by atoms with van der Waals surface area (Å²) in [5.74, 6) is 1.68. The van der Waals surface area contributed by atoms with Crippen molar-refractivity contribution in [2.45, 2.75) is 25.9 Å². The Bertz CT molecular complexity index is 879. The standard InChI is InChI=1S/C21H29N3O5/c1-14-19-20(22-29-14)21(2,15-8-9-16(26-5)17(12-15)27-6)28-13-18(25)24(19)11-7-10-23(3)4/h8-9,12H,7,10-11,13H2,1-6H3. The molecule has 8 nitrogen and oxygen atoms in total. The van der Waals surface area contributed by atoms with Crippen molar-refractivity contribution in [1.29, 1.82) is 0 Å². The third-order valence-electron chi connectivity index (χ3n) is 5.26. The van der Waals surface area contributed by atoms with Crippen molar-refractivity contribution in [2.24, 2.45) is 0 Å². The molecule has 0 bridgehead atoms. The maximum atomic E-state index is 12.9. The Hall–Kier alpha value is -2.58. The van der Waals surface area contributed by atoms with Crippen molar-refractivity contribution >= 4 is 11.6 Å². The smallest absolute Gasteiger partial charge is 0.253 e. The van der Waals surface area contributed by atoms with Gasteiger partial charge in [0.2, 0.25) is 0 Å². The van der Waals surface area contributed by atoms with Crippen LogP contribution in [0, 0.1) is 6.92 Å². The highest BCUT2D eigenvalue weighted by Crippen LogP contribution is 2.44. The highest BCUT2D eigenvalue weighted by molar-refractivity contribution is 5.96. The fraction of sp³-hybridized carbons (Fsp3) is 0.524. The van der Waals surface area contributed by atoms with Gasteiger partial charge in [0.1, 0.15) is 23.6 Å². The maximum absolute atomic E-state index is 12.9. The van der Waals surface area contributed by atoms with Gasteiger partial charge in [-0.2, -0.15) is 0 Å². The van der Waals surface area contributed by atoms with Crippen LogP contribution in [0.4, 0.5) is 5.69 Å². The van der Waals surface area contributed by atoms with Gasteiger partial charge in [-0.3, -0.25) is 4.79 Å². The van der Waals surface area contributed by atoms with Gasteiger partial charge in [-0.05, 0) is 58.6 Å². The number of anilines is 1. The number of nitrogens with zero attached hydrogens (tertiary/aromatic N) is 3. The lowest BCUT2D eigenvalue weighted by Crippen LogP contribution is -2.35. The summed E-state index contributed by atoms with van der Waals surface area (Å²) in [6, 6.07) is 5.55. The van der Waals surface area contributed by atoms with E-state index in [1.54, 1.807) is 19.1 Å². The Labute approximate surface area is 171 Å². The zero-order valence-corrected chi connectivity index (χ0v) is 17.9. The van der Waals surface area contributed by atoms with Gasteiger partial charge >= 0.3 is 0 Å². The summed E-state index contributed by atoms with van der Waals surface area (Å²) in [7, 11) is 7.19. The van der Waals surface area contributed by atoms with Crippen molar-refractivity contribution in [2.75, 3.05) is 52.9 Å². The molecule has 0 radical (unpaired) electrons. The molecule has 1 aliphatic rings. The Balaban J connectivity index is 2.05. The molecule has 1 aromatic carbocycles. The van der Waals surface area contributed by atoms with Crippen LogP contribution in [0.5, 0.6) is 11.5 Å². The van der Waals surface area contributed by atoms with Gasteiger partial charge in [-0.15, -0.1) is 0 Å². The number of aromatic nitrogens is 1. The van der Waals surface area contributed by atoms with E-state index in [2.05, 4.69) is 10.1 Å². The fourth-order valence-electron chi connectivity index (χ4n) is 3.61. The maximum Gasteiger partial charge on any atom is 0.253 e. The van der Waals surface area contributed by atoms with Crippen molar-refractivity contribution in [1.82, 2.24) is 10.1 Å². The molecular formula is C21H29N3O5. The molecule has 1 unspecified atom stereocenters. The summed E-state index contributed by atoms with van der Waals surface area (Å²) >= 11 is 0. The molecule has 1 aromatic heterocycles. The number of amides is 1. The topological polar surface area (TPSA) is 77.3 Å². The second-order valence-corrected chi connectivity index (χ2v) is 7.53. The van der Waals surface area contributed by atoms with Crippen LogP contribution in [-0.2, 0) is 15.1 Å². The molecule has 0 aliphatic carbocycles. The second kappa shape index (κ2) is 8.42. The number of methoxy groups -OCH3 is 2. The third-order valence-corrected chi connectivity index (χ3v) is 5.26. The van der Waals surface area contributed by atoms with Crippen molar-refractivity contribution in [3.05, 3.63) is 35.2 Å². The van der Waals surface area contributed by atoms with Gasteiger partial charge in [0.05, 0.1) is 14.2 Å². The predicted octanol–water partition coefficient (Wildman–Crippen LogP) is 2.58. The fourth-order valence-corrected chi connectivity index (χ4v) is 3.61. The van der Waals surface area contributed by atoms with Crippen LogP contribution < -0.4 is 14.4 Å². The van der Waals surface area contributed by atoms with Crippen LogP contribution in [0.1, 0.15) is 30.4 Å². The summed E-state index contributed by atoms with van der Waals surface area (Å²) in [6.07, 6.45) is 0.829. The number of rotatable bonds is 7. The van der Waals surface area contributed by atoms with Crippen molar-refractivity contribution < 1.29 is 23.5 Å². The normalized spacial score (nSPS) is 19.3. The number of carbonyl (C=O) groups is 1. The second-order valence-electron chi connectivity index (χ2n) is 7.53. The molecule has 0 N–H and O–H groups in total. The van der Waals surface area contributed by atoms with Crippen LogP contribution in [0.3, 0.4) is 0 Å². The Kier molecular flexibility index (Phi) is 6.14. The molecular weight excluding hydrogens is 374 g/mol. The lowest BCUT2D eigenvalue weighted by atomic mass is 9.90. The monoisotopic (exact) mass is 403 g/mol. The van der Waals surface area contributed by atoms with Crippen LogP contribution in [-0.4, -0.2) is 64.0 Å². The first kappa shape index (κ1) is 21.1. The lowest BCUT2D eigenvalue weighted by Gasteiger charge is -2.27. The van der Waals surface area contributed by atoms with Crippen LogP contribution in [0.2, 0.25) is 0 Å². The van der Waals surface area contributed by atoms with E-state index >= 15 is 0 Å². The van der Waals surface area contributed by atoms with Crippen LogP contribution >= 0.6 is 0 Å². The van der Waals surface area contributed by atoms with Crippen molar-refractivity contribution in [3.8, 4) is 11.5 Å². The molecule has 2 heterocycles. The first-order chi connectivity index (χ1) is 13.8. The zero-order chi connectivity index (χ0) is 21.2. The minimum Gasteiger partial charge on any atom is -0.493 e. The number of hydrogen-bond donors (Lipinski definition) is 0. The summed E-state index contributed by atoms with van der Waals surface area (Å²) in [5, 5.41) is 4.30. The Morgan fingerprint density at radius 1 is 1.24 bits per heavy atom. The van der Waals surface area contributed by atoms with Crippen molar-refractivity contribution in [3.63, 3.8) is 0 Å². The molecule has 1 aliphatic heterocycles. The molecule has 1 amide bonds. The summed E-state index contributed by atoms with van der Waals surface area (Å²) < 4.78 is 22.4. The number of aryl methyl sites for hydroxylation is 1. The molecule has 158 valence electrons. The van der Waals surface area contributed by atoms with E-state index in [1.165, 1.54) is 0 Å². The minimum atomic E-state index is -0.974. The largest absolute Gasteiger partial charge is 0.493 e. The first-order valence-electron chi connectivity index (χ1n) is 9.60. The molecule has 0 fully saturated rings. The van der Waals surface area contributed by atoms with E-state index in [0.717, 1.165) is 18.5 Å². The van der Waals surface area contributed by atoms with Crippen LogP contribution in [0.25, 0.3) is 0 Å². The predicted molar refractivity (Wildman–Crippen MR) is 109 cm³/mol. The number of ether oxygens (including phenoxy) is 3. The van der Waals surface area contributed by atoms with Gasteiger partial charge < -0.3 is 28.5 Å². The molecule has 0 spiro atoms. The molecule has 0 saturated heterocycles. The van der Waals surface area contributed by atoms with Gasteiger partial charge in [-0.1, -0.05) is 11.2 Å². The molecule has 1 atom stereocenters. The van der Waals surface area contributed by atoms with Gasteiger partial charge in [-0.25, -0.2) is 0 Å². The highest BCUT2D eigenvalue weighted by Gasteiger charge is 2.43. The third kappa shape index (κ3) is 3.95. The molecule has 0 saturated carbocycles. The minimum absolute atomic E-state index is 0.0530. The number of benzene rings is 1. The zero-order valence-electron chi connectivity index (χ0n) is 17.9. The van der Waals surface area contributed by atoms with Gasteiger partial charge in [0.25, 0.3) is 5.91 Å². The van der Waals surface area contributed by atoms with E-state index in [0.29, 0.717) is 35.2 Å². The van der Waals surface area contributed by atoms with Crippen LogP contribution in [0.15, 0.2) is 22.7 Å². The molecule has 3 rings (SSSR count). The van der Waals surface area contributed by atoms with E-state index in [-0.39, 0.29) is 12.5 Å². The average molecular weight is 403 g/mol. The summed E-state index contributed by atoms with van der Waals surface area (Å²) in [5.41, 5.74) is 1.09. The highest BCUT2D eigenvalue weighted by atomic mass is 16.5. The van der Waals surface area contributed by atoms with E-state index in [4.69, 9.17) is 18.7 Å².